The van der Waals surface area contributed by atoms with Gasteiger partial charge in [0.05, 0.1) is 17.9 Å². The lowest BCUT2D eigenvalue weighted by Gasteiger charge is -2.15. The van der Waals surface area contributed by atoms with E-state index in [4.69, 9.17) is 9.84 Å². The molecule has 4 N–H and O–H groups in total. The molecule has 1 aliphatic heterocycles. The van der Waals surface area contributed by atoms with Crippen LogP contribution in [-0.4, -0.2) is 54.6 Å². The van der Waals surface area contributed by atoms with E-state index in [1.54, 1.807) is 0 Å². The zero-order valence-electron chi connectivity index (χ0n) is 11.9. The summed E-state index contributed by atoms with van der Waals surface area (Å²) < 4.78 is 20.1. The molecule has 124 valence electrons. The van der Waals surface area contributed by atoms with Crippen LogP contribution < -0.4 is 11.1 Å². The summed E-state index contributed by atoms with van der Waals surface area (Å²) in [5, 5.41) is 28.8. The standard InChI is InChI=1S/C13H14FN3O6/c1-4-7(14)12(22)16-13-15-11(21)5(2-17(4)13)10-9(20)8(19)6(3-18)23-10/h2,6,8-10,18-20H,3H2,1H3,(H,15,16,21,22)/t6-,8?,9+,10+/m1/s1. The van der Waals surface area contributed by atoms with E-state index in [0.717, 1.165) is 4.40 Å². The van der Waals surface area contributed by atoms with Crippen LogP contribution in [-0.2, 0) is 4.74 Å². The highest BCUT2D eigenvalue weighted by molar-refractivity contribution is 5.32. The SMILES string of the molecule is Cc1c(F)c(=O)[nH]c2nc(=O)c([C@@H]3O[C@H](CO)C(O)[C@@H]3O)cn12. The van der Waals surface area contributed by atoms with Gasteiger partial charge in [0.1, 0.15) is 24.4 Å². The summed E-state index contributed by atoms with van der Waals surface area (Å²) in [6, 6.07) is 0. The number of H-pyrrole nitrogens is 1. The Morgan fingerprint density at radius 3 is 2.70 bits per heavy atom. The van der Waals surface area contributed by atoms with Gasteiger partial charge in [0, 0.05) is 6.20 Å². The number of ether oxygens (including phenoxy) is 1. The van der Waals surface area contributed by atoms with Gasteiger partial charge in [-0.3, -0.25) is 19.0 Å². The summed E-state index contributed by atoms with van der Waals surface area (Å²) in [5.41, 5.74) is -2.01. The third-order valence-electron chi connectivity index (χ3n) is 3.90. The highest BCUT2D eigenvalue weighted by atomic mass is 19.1. The number of nitrogens with zero attached hydrogens (tertiary/aromatic N) is 2. The molecule has 0 bridgehead atoms. The molecule has 0 radical (unpaired) electrons. The first kappa shape index (κ1) is 15.7. The quantitative estimate of drug-likeness (QED) is 0.500. The maximum Gasteiger partial charge on any atom is 0.288 e. The third kappa shape index (κ3) is 2.36. The van der Waals surface area contributed by atoms with Gasteiger partial charge in [0.15, 0.2) is 0 Å². The van der Waals surface area contributed by atoms with Crippen molar-refractivity contribution in [2.24, 2.45) is 0 Å². The summed E-state index contributed by atoms with van der Waals surface area (Å²) in [4.78, 5) is 29.2. The van der Waals surface area contributed by atoms with Gasteiger partial charge in [0.2, 0.25) is 11.6 Å². The fourth-order valence-electron chi connectivity index (χ4n) is 2.59. The highest BCUT2D eigenvalue weighted by Crippen LogP contribution is 2.31. The first-order chi connectivity index (χ1) is 10.8. The Kier molecular flexibility index (Phi) is 3.76. The summed E-state index contributed by atoms with van der Waals surface area (Å²) in [6.07, 6.45) is -3.93. The van der Waals surface area contributed by atoms with Crippen molar-refractivity contribution in [1.82, 2.24) is 14.4 Å². The third-order valence-corrected chi connectivity index (χ3v) is 3.90. The summed E-state index contributed by atoms with van der Waals surface area (Å²) >= 11 is 0. The highest BCUT2D eigenvalue weighted by Gasteiger charge is 2.44. The minimum atomic E-state index is -1.45. The molecule has 2 aromatic heterocycles. The maximum atomic E-state index is 13.7. The number of aromatic nitrogens is 3. The van der Waals surface area contributed by atoms with Gasteiger partial charge in [-0.2, -0.15) is 9.37 Å². The molecule has 4 atom stereocenters. The molecule has 1 fully saturated rings. The Labute approximate surface area is 127 Å². The van der Waals surface area contributed by atoms with Crippen molar-refractivity contribution in [2.45, 2.75) is 31.3 Å². The molecular formula is C13H14FN3O6. The molecule has 10 heteroatoms. The second-order valence-electron chi connectivity index (χ2n) is 5.31. The molecule has 3 heterocycles. The molecule has 0 aliphatic carbocycles. The number of nitrogens with one attached hydrogen (secondary N) is 1. The second-order valence-corrected chi connectivity index (χ2v) is 5.31. The van der Waals surface area contributed by atoms with Crippen LogP contribution in [0.1, 0.15) is 17.4 Å². The zero-order chi connectivity index (χ0) is 16.9. The van der Waals surface area contributed by atoms with Crippen molar-refractivity contribution < 1.29 is 24.4 Å². The van der Waals surface area contributed by atoms with E-state index in [-0.39, 0.29) is 17.0 Å². The lowest BCUT2D eigenvalue weighted by molar-refractivity contribution is -0.0232. The Balaban J connectivity index is 2.18. The molecule has 2 aromatic rings. The lowest BCUT2D eigenvalue weighted by Crippen LogP contribution is -2.33. The van der Waals surface area contributed by atoms with Crippen LogP contribution in [0, 0.1) is 12.7 Å². The molecule has 9 nitrogen and oxygen atoms in total. The van der Waals surface area contributed by atoms with E-state index in [0.29, 0.717) is 0 Å². The van der Waals surface area contributed by atoms with E-state index in [9.17, 15) is 24.2 Å². The average Bonchev–Trinajstić information content (AvgIpc) is 2.80. The molecule has 3 rings (SSSR count). The average molecular weight is 327 g/mol. The van der Waals surface area contributed by atoms with Crippen LogP contribution in [0.3, 0.4) is 0 Å². The monoisotopic (exact) mass is 327 g/mol. The molecule has 1 saturated heterocycles. The Bertz CT molecular complexity index is 878. The molecule has 0 aromatic carbocycles. The Morgan fingerprint density at radius 2 is 2.09 bits per heavy atom. The van der Waals surface area contributed by atoms with Crippen LogP contribution in [0.4, 0.5) is 4.39 Å². The smallest absolute Gasteiger partial charge is 0.288 e. The maximum absolute atomic E-state index is 13.7. The number of aromatic amines is 1. The number of fused-ring (bicyclic) bond motifs is 1. The minimum Gasteiger partial charge on any atom is -0.394 e. The van der Waals surface area contributed by atoms with E-state index in [1.807, 2.05) is 0 Å². The molecule has 0 saturated carbocycles. The minimum absolute atomic E-state index is 0.0794. The van der Waals surface area contributed by atoms with Crippen molar-refractivity contribution in [3.63, 3.8) is 0 Å². The normalized spacial score (nSPS) is 27.7. The van der Waals surface area contributed by atoms with Crippen LogP contribution in [0.2, 0.25) is 0 Å². The fourth-order valence-corrected chi connectivity index (χ4v) is 2.59. The summed E-state index contributed by atoms with van der Waals surface area (Å²) in [7, 11) is 0. The zero-order valence-corrected chi connectivity index (χ0v) is 11.9. The van der Waals surface area contributed by atoms with Gasteiger partial charge in [0.25, 0.3) is 11.1 Å². The fraction of sp³-hybridized carbons (Fsp3) is 0.462. The van der Waals surface area contributed by atoms with Crippen molar-refractivity contribution >= 4 is 5.78 Å². The molecule has 0 spiro atoms. The number of aliphatic hydroxyl groups excluding tert-OH is 3. The van der Waals surface area contributed by atoms with Gasteiger partial charge in [-0.25, -0.2) is 0 Å². The van der Waals surface area contributed by atoms with Crippen molar-refractivity contribution in [3.05, 3.63) is 44.0 Å². The van der Waals surface area contributed by atoms with Crippen molar-refractivity contribution in [3.8, 4) is 0 Å². The first-order valence-electron chi connectivity index (χ1n) is 6.79. The number of hydrogen-bond acceptors (Lipinski definition) is 7. The van der Waals surface area contributed by atoms with Crippen molar-refractivity contribution in [2.75, 3.05) is 6.61 Å². The topological polar surface area (TPSA) is 137 Å². The Hall–Kier alpha value is -2.14. The van der Waals surface area contributed by atoms with Crippen molar-refractivity contribution in [1.29, 1.82) is 0 Å². The molecule has 1 aliphatic rings. The number of aryl methyl sites for hydroxylation is 1. The summed E-state index contributed by atoms with van der Waals surface area (Å²) in [6.45, 7) is 0.781. The molecule has 0 amide bonds. The van der Waals surface area contributed by atoms with Crippen LogP contribution in [0.5, 0.6) is 0 Å². The summed E-state index contributed by atoms with van der Waals surface area (Å²) in [5.74, 6) is -1.19. The van der Waals surface area contributed by atoms with Gasteiger partial charge in [-0.1, -0.05) is 0 Å². The van der Waals surface area contributed by atoms with Gasteiger partial charge < -0.3 is 20.1 Å². The number of rotatable bonds is 2. The van der Waals surface area contributed by atoms with Gasteiger partial charge in [-0.15, -0.1) is 0 Å². The number of aliphatic hydroxyl groups is 3. The van der Waals surface area contributed by atoms with E-state index < -0.39 is 48.0 Å². The predicted molar refractivity (Wildman–Crippen MR) is 73.5 cm³/mol. The van der Waals surface area contributed by atoms with E-state index >= 15 is 0 Å². The largest absolute Gasteiger partial charge is 0.394 e. The first-order valence-corrected chi connectivity index (χ1v) is 6.79. The van der Waals surface area contributed by atoms with Crippen LogP contribution in [0.15, 0.2) is 15.8 Å². The van der Waals surface area contributed by atoms with Gasteiger partial charge >= 0.3 is 0 Å². The lowest BCUT2D eigenvalue weighted by atomic mass is 10.0. The van der Waals surface area contributed by atoms with E-state index in [2.05, 4.69) is 9.97 Å². The molecular weight excluding hydrogens is 313 g/mol. The number of halogens is 1. The second kappa shape index (κ2) is 5.49. The number of hydrogen-bond donors (Lipinski definition) is 4. The van der Waals surface area contributed by atoms with E-state index in [1.165, 1.54) is 13.1 Å². The predicted octanol–water partition coefficient (Wildman–Crippen LogP) is -2.02. The molecule has 23 heavy (non-hydrogen) atoms. The molecule has 1 unspecified atom stereocenters. The van der Waals surface area contributed by atoms with Gasteiger partial charge in [-0.05, 0) is 6.92 Å². The van der Waals surface area contributed by atoms with Crippen LogP contribution >= 0.6 is 0 Å². The van der Waals surface area contributed by atoms with Crippen LogP contribution in [0.25, 0.3) is 5.78 Å². The Morgan fingerprint density at radius 1 is 1.39 bits per heavy atom.